The summed E-state index contributed by atoms with van der Waals surface area (Å²) >= 11 is 7.72. The molecule has 2 aromatic rings. The van der Waals surface area contributed by atoms with Gasteiger partial charge in [0, 0.05) is 16.7 Å². The Hall–Kier alpha value is -1.77. The number of nitrogens with one attached hydrogen (secondary N) is 1. The van der Waals surface area contributed by atoms with E-state index >= 15 is 0 Å². The second kappa shape index (κ2) is 9.07. The molecule has 0 heterocycles. The Kier molecular flexibility index (Phi) is 7.10. The molecule has 0 radical (unpaired) electrons. The topological polar surface area (TPSA) is 49.3 Å². The van der Waals surface area contributed by atoms with Gasteiger partial charge in [0.25, 0.3) is 5.91 Å². The lowest BCUT2D eigenvalue weighted by molar-refractivity contribution is -0.117. The van der Waals surface area contributed by atoms with E-state index in [2.05, 4.69) is 5.32 Å². The second-order valence-electron chi connectivity index (χ2n) is 4.97. The van der Waals surface area contributed by atoms with Gasteiger partial charge in [0.2, 0.25) is 0 Å². The molecule has 1 amide bonds. The van der Waals surface area contributed by atoms with Crippen LogP contribution in [0.1, 0.15) is 11.1 Å². The summed E-state index contributed by atoms with van der Waals surface area (Å²) in [6, 6.07) is 9.47. The Labute approximate surface area is 162 Å². The van der Waals surface area contributed by atoms with Crippen LogP contribution in [-0.2, 0) is 4.79 Å². The lowest BCUT2D eigenvalue weighted by Crippen LogP contribution is -2.33. The van der Waals surface area contributed by atoms with Gasteiger partial charge in [-0.15, -0.1) is 0 Å². The van der Waals surface area contributed by atoms with Crippen LogP contribution in [0.5, 0.6) is 0 Å². The van der Waals surface area contributed by atoms with Crippen LogP contribution in [0.25, 0.3) is 11.6 Å². The van der Waals surface area contributed by atoms with Crippen molar-refractivity contribution in [2.75, 3.05) is 0 Å². The van der Waals surface area contributed by atoms with Crippen molar-refractivity contribution in [1.29, 1.82) is 0 Å². The smallest absolute Gasteiger partial charge is 0.254 e. The minimum atomic E-state index is -1.23. The van der Waals surface area contributed by atoms with Gasteiger partial charge in [0.15, 0.2) is 0 Å². The summed E-state index contributed by atoms with van der Waals surface area (Å²) in [4.78, 5) is 12.5. The van der Waals surface area contributed by atoms with Crippen molar-refractivity contribution < 1.29 is 18.7 Å². The lowest BCUT2D eigenvalue weighted by atomic mass is 10.0. The van der Waals surface area contributed by atoms with Crippen molar-refractivity contribution in [2.45, 2.75) is 6.23 Å². The molecule has 0 aliphatic carbocycles. The first-order valence-corrected chi connectivity index (χ1v) is 8.71. The lowest BCUT2D eigenvalue weighted by Gasteiger charge is -2.13. The number of aliphatic hydroxyl groups is 1. The van der Waals surface area contributed by atoms with Gasteiger partial charge in [-0.25, -0.2) is 8.78 Å². The summed E-state index contributed by atoms with van der Waals surface area (Å²) < 4.78 is 28.9. The highest BCUT2D eigenvalue weighted by Gasteiger charge is 2.18. The summed E-state index contributed by atoms with van der Waals surface area (Å²) in [6.45, 7) is 0. The minimum absolute atomic E-state index is 0.0549. The fraction of sp³-hybridized carbons (Fsp3) is 0.0556. The van der Waals surface area contributed by atoms with E-state index < -0.39 is 23.8 Å². The highest BCUT2D eigenvalue weighted by molar-refractivity contribution is 14.1. The summed E-state index contributed by atoms with van der Waals surface area (Å²) in [5.41, 5.74) is 0.456. The molecule has 7 heteroatoms. The third-order valence-electron chi connectivity index (χ3n) is 3.18. The van der Waals surface area contributed by atoms with E-state index in [1.54, 1.807) is 24.3 Å². The molecule has 0 bridgehead atoms. The summed E-state index contributed by atoms with van der Waals surface area (Å²) in [6.07, 6.45) is 1.54. The Balaban J connectivity index is 2.47. The van der Waals surface area contributed by atoms with E-state index in [9.17, 15) is 18.7 Å². The number of hydrogen-bond donors (Lipinski definition) is 2. The van der Waals surface area contributed by atoms with Crippen molar-refractivity contribution >= 4 is 51.7 Å². The molecule has 0 aliphatic heterocycles. The molecule has 2 N–H and O–H groups in total. The van der Waals surface area contributed by atoms with Crippen LogP contribution >= 0.6 is 34.2 Å². The molecule has 0 saturated carbocycles. The molecule has 1 atom stereocenters. The van der Waals surface area contributed by atoms with Crippen molar-refractivity contribution in [3.05, 3.63) is 80.4 Å². The van der Waals surface area contributed by atoms with Gasteiger partial charge in [-0.1, -0.05) is 46.3 Å². The fourth-order valence-electron chi connectivity index (χ4n) is 2.03. The summed E-state index contributed by atoms with van der Waals surface area (Å²) in [5.74, 6) is -2.34. The quantitative estimate of drug-likeness (QED) is 0.289. The van der Waals surface area contributed by atoms with Gasteiger partial charge in [0.1, 0.15) is 17.9 Å². The molecule has 0 aliphatic rings. The Morgan fingerprint density at radius 2 is 1.88 bits per heavy atom. The van der Waals surface area contributed by atoms with Crippen LogP contribution in [0.3, 0.4) is 0 Å². The zero-order valence-corrected chi connectivity index (χ0v) is 15.6. The van der Waals surface area contributed by atoms with Crippen molar-refractivity contribution in [3.63, 3.8) is 0 Å². The maximum Gasteiger partial charge on any atom is 0.254 e. The molecule has 0 spiro atoms. The van der Waals surface area contributed by atoms with Gasteiger partial charge in [-0.3, -0.25) is 4.79 Å². The number of amides is 1. The molecule has 2 aromatic carbocycles. The van der Waals surface area contributed by atoms with Gasteiger partial charge in [-0.05, 0) is 46.1 Å². The highest BCUT2D eigenvalue weighted by atomic mass is 127. The van der Waals surface area contributed by atoms with Crippen LogP contribution in [0.2, 0.25) is 5.02 Å². The zero-order chi connectivity index (χ0) is 18.4. The molecule has 3 nitrogen and oxygen atoms in total. The Bertz CT molecular complexity index is 822. The van der Waals surface area contributed by atoms with Gasteiger partial charge < -0.3 is 10.4 Å². The van der Waals surface area contributed by atoms with E-state index in [1.807, 2.05) is 22.6 Å². The number of hydrogen-bond acceptors (Lipinski definition) is 2. The first kappa shape index (κ1) is 19.6. The third-order valence-corrected chi connectivity index (χ3v) is 3.85. The van der Waals surface area contributed by atoms with E-state index in [0.29, 0.717) is 16.7 Å². The largest absolute Gasteiger partial charge is 0.370 e. The maximum atomic E-state index is 14.2. The molecule has 0 aromatic heterocycles. The van der Waals surface area contributed by atoms with Crippen LogP contribution in [0, 0.1) is 11.6 Å². The Morgan fingerprint density at radius 3 is 2.48 bits per heavy atom. The first-order valence-electron chi connectivity index (χ1n) is 7.09. The van der Waals surface area contributed by atoms with Crippen LogP contribution in [0.15, 0.2) is 52.6 Å². The second-order valence-corrected chi connectivity index (χ2v) is 6.13. The number of benzene rings is 2. The molecule has 130 valence electrons. The summed E-state index contributed by atoms with van der Waals surface area (Å²) in [5, 5.41) is 12.5. The van der Waals surface area contributed by atoms with E-state index in [4.69, 9.17) is 11.6 Å². The molecular formula is C18H13ClF2INO2. The SMILES string of the molecule is O=C(N[C@@H](O)/C=C/I)/C(=C/c1ccc(Cl)cc1)c1ccc(F)cc1F. The maximum absolute atomic E-state index is 14.2. The monoisotopic (exact) mass is 475 g/mol. The number of halogens is 4. The Morgan fingerprint density at radius 1 is 1.20 bits per heavy atom. The molecule has 0 unspecified atom stereocenters. The summed E-state index contributed by atoms with van der Waals surface area (Å²) in [7, 11) is 0. The highest BCUT2D eigenvalue weighted by Crippen LogP contribution is 2.23. The normalized spacial score (nSPS) is 13.1. The molecule has 2 rings (SSSR count). The van der Waals surface area contributed by atoms with E-state index in [-0.39, 0.29) is 11.1 Å². The predicted molar refractivity (Wildman–Crippen MR) is 103 cm³/mol. The fourth-order valence-corrected chi connectivity index (χ4v) is 2.55. The first-order chi connectivity index (χ1) is 11.9. The van der Waals surface area contributed by atoms with Gasteiger partial charge in [0.05, 0.1) is 5.57 Å². The van der Waals surface area contributed by atoms with Crippen LogP contribution in [0.4, 0.5) is 8.78 Å². The molecule has 25 heavy (non-hydrogen) atoms. The number of carbonyl (C=O) groups is 1. The van der Waals surface area contributed by atoms with E-state index in [0.717, 1.165) is 6.07 Å². The number of aliphatic hydroxyl groups excluding tert-OH is 1. The van der Waals surface area contributed by atoms with Crippen molar-refractivity contribution in [2.24, 2.45) is 0 Å². The van der Waals surface area contributed by atoms with Gasteiger partial charge >= 0.3 is 0 Å². The average molecular weight is 476 g/mol. The average Bonchev–Trinajstić information content (AvgIpc) is 2.55. The zero-order valence-electron chi connectivity index (χ0n) is 12.7. The number of carbonyl (C=O) groups excluding carboxylic acids is 1. The third kappa shape index (κ3) is 5.62. The van der Waals surface area contributed by atoms with Crippen molar-refractivity contribution in [1.82, 2.24) is 5.32 Å². The van der Waals surface area contributed by atoms with Gasteiger partial charge in [-0.2, -0.15) is 0 Å². The molecular weight excluding hydrogens is 463 g/mol. The van der Waals surface area contributed by atoms with E-state index in [1.165, 1.54) is 22.3 Å². The standard InChI is InChI=1S/C18H13ClF2INO2/c19-12-3-1-11(2-4-12)9-15(18(25)23-17(24)7-8-22)14-6-5-13(20)10-16(14)21/h1-10,17,24H,(H,23,25)/b8-7+,15-9+/t17-/m0/s1. The minimum Gasteiger partial charge on any atom is -0.370 e. The van der Waals surface area contributed by atoms with Crippen LogP contribution < -0.4 is 5.32 Å². The number of rotatable bonds is 5. The predicted octanol–water partition coefficient (Wildman–Crippen LogP) is 4.54. The van der Waals surface area contributed by atoms with Crippen LogP contribution in [-0.4, -0.2) is 17.2 Å². The van der Waals surface area contributed by atoms with Crippen molar-refractivity contribution in [3.8, 4) is 0 Å². The molecule has 0 fully saturated rings. The molecule has 0 saturated heterocycles.